The van der Waals surface area contributed by atoms with Gasteiger partial charge in [-0.2, -0.15) is 0 Å². The molecule has 8 nitrogen and oxygen atoms in total. The van der Waals surface area contributed by atoms with Gasteiger partial charge in [-0.15, -0.1) is 0 Å². The maximum absolute atomic E-state index is 8.52. The summed E-state index contributed by atoms with van der Waals surface area (Å²) in [6.45, 7) is 0. The molecule has 0 heterocycles. The summed E-state index contributed by atoms with van der Waals surface area (Å²) in [7, 11) is -10.3. The maximum atomic E-state index is 8.52. The van der Waals surface area contributed by atoms with Crippen molar-refractivity contribution in [2.75, 3.05) is 0 Å². The van der Waals surface area contributed by atoms with Gasteiger partial charge in [0.1, 0.15) is 0 Å². The Labute approximate surface area is 87.1 Å². The van der Waals surface area contributed by atoms with Crippen LogP contribution in [0.15, 0.2) is 0 Å². The van der Waals surface area contributed by atoms with Gasteiger partial charge in [0.05, 0.1) is 0 Å². The average molecular weight is 327 g/mol. The Hall–Kier alpha value is 0.539. The Kier molecular flexibility index (Phi) is 15.6. The van der Waals surface area contributed by atoms with Crippen LogP contribution in [0.1, 0.15) is 7.43 Å². The molecule has 0 spiro atoms. The second-order valence-electron chi connectivity index (χ2n) is 0.816. The summed E-state index contributed by atoms with van der Waals surface area (Å²) in [6, 6.07) is 0. The zero-order valence-corrected chi connectivity index (χ0v) is 9.07. The first-order valence-corrected chi connectivity index (χ1v) is 4.00. The van der Waals surface area contributed by atoms with Gasteiger partial charge >= 0.3 is 23.9 Å². The summed E-state index contributed by atoms with van der Waals surface area (Å²) in [6.07, 6.45) is 0. The number of rotatable bonds is 0. The Morgan fingerprint density at radius 3 is 0.667 bits per heavy atom. The van der Waals surface area contributed by atoms with E-state index < -0.39 is 20.8 Å². The summed E-state index contributed by atoms with van der Waals surface area (Å²) in [5.41, 5.74) is 0. The van der Waals surface area contributed by atoms with E-state index in [1.165, 1.54) is 0 Å². The third kappa shape index (κ3) is 3300. The molecule has 0 aliphatic rings. The van der Waals surface area contributed by atoms with Crippen LogP contribution in [0.5, 0.6) is 0 Å². The van der Waals surface area contributed by atoms with Crippen molar-refractivity contribution >= 4 is 44.7 Å². The van der Waals surface area contributed by atoms with E-state index in [2.05, 4.69) is 0 Å². The third-order valence-corrected chi connectivity index (χ3v) is 0. The molecule has 0 aromatic heterocycles. The van der Waals surface area contributed by atoms with E-state index in [-0.39, 0.29) is 31.3 Å². The molecule has 0 fully saturated rings. The van der Waals surface area contributed by atoms with Crippen LogP contribution in [-0.4, -0.2) is 59.0 Å². The Morgan fingerprint density at radius 2 is 0.667 bits per heavy atom. The van der Waals surface area contributed by atoms with Crippen molar-refractivity contribution in [1.82, 2.24) is 0 Å². The van der Waals surface area contributed by atoms with Crippen LogP contribution >= 0.6 is 0 Å². The van der Waals surface area contributed by atoms with Gasteiger partial charge in [-0.25, -0.2) is 0 Å². The first kappa shape index (κ1) is 22.9. The normalized spacial score (nSPS) is 9.67. The summed E-state index contributed by atoms with van der Waals surface area (Å²) >= 11 is 0. The van der Waals surface area contributed by atoms with Gasteiger partial charge in [0.2, 0.25) is 0 Å². The monoisotopic (exact) mass is 328 g/mol. The molecular weight excluding hydrogens is 323 g/mol. The molecule has 0 bridgehead atoms. The Bertz CT molecular complexity index is 213. The second-order valence-corrected chi connectivity index (χ2v) is 2.45. The maximum Gasteiger partial charge on any atom is 4.00 e. The van der Waals surface area contributed by atoms with Crippen molar-refractivity contribution in [3.05, 3.63) is 0 Å². The first-order chi connectivity index (χ1) is 4.00. The molecule has 0 N–H and O–H groups in total. The molecule has 0 aromatic carbocycles. The van der Waals surface area contributed by atoms with E-state index in [9.17, 15) is 0 Å². The van der Waals surface area contributed by atoms with Gasteiger partial charge < -0.3 is 18.2 Å². The predicted molar refractivity (Wildman–Crippen MR) is 33.4 cm³/mol. The molecular formula is CH4O8S2Sn. The molecule has 0 aliphatic heterocycles. The van der Waals surface area contributed by atoms with Crippen molar-refractivity contribution in [1.29, 1.82) is 0 Å². The Morgan fingerprint density at radius 1 is 0.667 bits per heavy atom. The molecule has 0 unspecified atom stereocenters. The van der Waals surface area contributed by atoms with Crippen molar-refractivity contribution in [3.8, 4) is 0 Å². The van der Waals surface area contributed by atoms with Crippen molar-refractivity contribution in [2.45, 2.75) is 7.43 Å². The zero-order valence-electron chi connectivity index (χ0n) is 4.58. The second kappa shape index (κ2) is 8.15. The number of hydrogen-bond donors (Lipinski definition) is 0. The van der Waals surface area contributed by atoms with Gasteiger partial charge in [-0.1, -0.05) is 7.43 Å². The fourth-order valence-electron chi connectivity index (χ4n) is 0. The minimum absolute atomic E-state index is 0. The molecule has 0 saturated carbocycles. The van der Waals surface area contributed by atoms with E-state index in [1.807, 2.05) is 0 Å². The average Bonchev–Trinajstić information content (AvgIpc) is 1.12. The SMILES string of the molecule is C.O=S(=O)([O-])[O-].O=S(=O)([O-])[O-].[Sn+4]. The molecule has 0 radical (unpaired) electrons. The van der Waals surface area contributed by atoms with Crippen LogP contribution in [0.2, 0.25) is 0 Å². The Balaban J connectivity index is -0.0000000457. The molecule has 72 valence electrons. The zero-order chi connectivity index (χ0) is 9.00. The van der Waals surface area contributed by atoms with Crippen LogP contribution in [0.25, 0.3) is 0 Å². The van der Waals surface area contributed by atoms with Crippen molar-refractivity contribution in [3.63, 3.8) is 0 Å². The molecule has 12 heavy (non-hydrogen) atoms. The fraction of sp³-hybridized carbons (Fsp3) is 1.00. The van der Waals surface area contributed by atoms with Crippen molar-refractivity contribution in [2.24, 2.45) is 0 Å². The predicted octanol–water partition coefficient (Wildman–Crippen LogP) is -2.42. The fourth-order valence-corrected chi connectivity index (χ4v) is 0. The van der Waals surface area contributed by atoms with Crippen molar-refractivity contribution < 1.29 is 35.0 Å². The molecule has 0 atom stereocenters. The van der Waals surface area contributed by atoms with E-state index in [0.717, 1.165) is 0 Å². The molecule has 0 saturated heterocycles. The quantitative estimate of drug-likeness (QED) is 0.270. The summed E-state index contributed by atoms with van der Waals surface area (Å²) in [5.74, 6) is 0. The summed E-state index contributed by atoms with van der Waals surface area (Å²) < 4.78 is 68.2. The van der Waals surface area contributed by atoms with Crippen LogP contribution in [0.4, 0.5) is 0 Å². The van der Waals surface area contributed by atoms with Crippen LogP contribution < -0.4 is 0 Å². The van der Waals surface area contributed by atoms with E-state index in [1.54, 1.807) is 0 Å². The van der Waals surface area contributed by atoms with E-state index >= 15 is 0 Å². The van der Waals surface area contributed by atoms with E-state index in [0.29, 0.717) is 0 Å². The van der Waals surface area contributed by atoms with Gasteiger partial charge in [-0.05, 0) is 0 Å². The van der Waals surface area contributed by atoms with Crippen LogP contribution in [0.3, 0.4) is 0 Å². The topological polar surface area (TPSA) is 161 Å². The van der Waals surface area contributed by atoms with Crippen LogP contribution in [-0.2, 0) is 20.8 Å². The van der Waals surface area contributed by atoms with Gasteiger partial charge in [0.25, 0.3) is 0 Å². The standard InChI is InChI=1S/CH4.2H2O4S.Sn/c;2*1-5(2,3)4;/h1H4;2*(H2,1,2,3,4);/q;;;+4/p-4. The smallest absolute Gasteiger partial charge is 0.759 e. The minimum atomic E-state index is -5.17. The molecule has 11 heteroatoms. The van der Waals surface area contributed by atoms with Gasteiger partial charge in [-0.3, -0.25) is 16.8 Å². The largest absolute Gasteiger partial charge is 4.00 e. The van der Waals surface area contributed by atoms with Gasteiger partial charge in [0.15, 0.2) is 0 Å². The summed E-state index contributed by atoms with van der Waals surface area (Å²) in [4.78, 5) is 0. The van der Waals surface area contributed by atoms with E-state index in [4.69, 9.17) is 35.0 Å². The molecule has 0 aliphatic carbocycles. The summed E-state index contributed by atoms with van der Waals surface area (Å²) in [5, 5.41) is 0. The molecule has 0 aromatic rings. The molecule has 0 rings (SSSR count). The minimum Gasteiger partial charge on any atom is -0.759 e. The first-order valence-electron chi connectivity index (χ1n) is 1.33. The third-order valence-electron chi connectivity index (χ3n) is 0. The number of hydrogen-bond acceptors (Lipinski definition) is 8. The van der Waals surface area contributed by atoms with Gasteiger partial charge in [0, 0.05) is 20.8 Å². The molecule has 0 amide bonds. The van der Waals surface area contributed by atoms with Crippen LogP contribution in [0, 0.1) is 0 Å².